The van der Waals surface area contributed by atoms with Crippen molar-refractivity contribution in [2.75, 3.05) is 17.9 Å². The summed E-state index contributed by atoms with van der Waals surface area (Å²) in [6, 6.07) is 5.10. The van der Waals surface area contributed by atoms with Crippen LogP contribution in [0.3, 0.4) is 0 Å². The van der Waals surface area contributed by atoms with Gasteiger partial charge in [0.25, 0.3) is 0 Å². The molecule has 0 unspecified atom stereocenters. The quantitative estimate of drug-likeness (QED) is 0.776. The second-order valence-corrected chi connectivity index (χ2v) is 9.40. The van der Waals surface area contributed by atoms with Crippen LogP contribution >= 0.6 is 0 Å². The van der Waals surface area contributed by atoms with Crippen LogP contribution in [0.4, 0.5) is 5.69 Å². The van der Waals surface area contributed by atoms with Gasteiger partial charge in [0.15, 0.2) is 5.84 Å². The maximum absolute atomic E-state index is 13.1. The van der Waals surface area contributed by atoms with E-state index in [1.54, 1.807) is 18.2 Å². The zero-order valence-corrected chi connectivity index (χ0v) is 17.3. The number of hydrogen-bond acceptors (Lipinski definition) is 5. The smallest absolute Gasteiger partial charge is 0.344 e. The lowest BCUT2D eigenvalue weighted by Gasteiger charge is -2.38. The molecule has 4 rings (SSSR count). The summed E-state index contributed by atoms with van der Waals surface area (Å²) < 4.78 is 35.5. The molecule has 1 aromatic rings. The number of benzene rings is 1. The van der Waals surface area contributed by atoms with Crippen LogP contribution in [0.5, 0.6) is 5.75 Å². The van der Waals surface area contributed by atoms with Crippen molar-refractivity contribution in [3.63, 3.8) is 0 Å². The summed E-state index contributed by atoms with van der Waals surface area (Å²) in [5, 5.41) is 0. The average molecular weight is 421 g/mol. The van der Waals surface area contributed by atoms with Gasteiger partial charge in [0, 0.05) is 12.5 Å². The molecule has 3 aliphatic rings. The number of piperidine rings is 1. The molecule has 29 heavy (non-hydrogen) atoms. The lowest BCUT2D eigenvalue weighted by atomic mass is 9.87. The number of fused-ring (bicyclic) bond motifs is 1. The van der Waals surface area contributed by atoms with E-state index in [9.17, 15) is 13.2 Å². The summed E-state index contributed by atoms with van der Waals surface area (Å²) >= 11 is 0. The molecule has 158 valence electrons. The predicted octanol–water partition coefficient (Wildman–Crippen LogP) is 2.40. The minimum atomic E-state index is -3.83. The van der Waals surface area contributed by atoms with Gasteiger partial charge in [0.1, 0.15) is 12.4 Å². The molecular weight excluding hydrogens is 392 g/mol. The zero-order valence-electron chi connectivity index (χ0n) is 16.5. The molecule has 0 spiro atoms. The molecular formula is C20H28N4O4S. The van der Waals surface area contributed by atoms with E-state index in [0.717, 1.165) is 51.5 Å². The summed E-state index contributed by atoms with van der Waals surface area (Å²) in [5.41, 5.74) is 6.69. The van der Waals surface area contributed by atoms with Crippen LogP contribution in [-0.2, 0) is 15.0 Å². The summed E-state index contributed by atoms with van der Waals surface area (Å²) in [6.07, 6.45) is 8.47. The summed E-state index contributed by atoms with van der Waals surface area (Å²) in [7, 11) is -3.83. The lowest BCUT2D eigenvalue weighted by Crippen LogP contribution is -2.49. The summed E-state index contributed by atoms with van der Waals surface area (Å²) in [4.78, 5) is 15.1. The first-order chi connectivity index (χ1) is 13.9. The Labute approximate surface area is 171 Å². The molecule has 2 heterocycles. The van der Waals surface area contributed by atoms with E-state index in [0.29, 0.717) is 23.6 Å². The SMILES string of the molecule is NC1=NS(=O)(=O)Nc2cccc(OC[C@H]3CCCCN3C(=O)C3CCCCC3)c21. The second-order valence-electron chi connectivity index (χ2n) is 8.06. The van der Waals surface area contributed by atoms with Crippen LogP contribution in [-0.4, -0.2) is 44.3 Å². The molecule has 8 nitrogen and oxygen atoms in total. The Hall–Kier alpha value is -2.29. The van der Waals surface area contributed by atoms with Crippen LogP contribution in [0, 0.1) is 5.92 Å². The van der Waals surface area contributed by atoms with Crippen LogP contribution in [0.1, 0.15) is 56.9 Å². The number of ether oxygens (including phenoxy) is 1. The zero-order chi connectivity index (χ0) is 20.4. The fourth-order valence-corrected chi connectivity index (χ4v) is 5.42. The first-order valence-electron chi connectivity index (χ1n) is 10.4. The van der Waals surface area contributed by atoms with Crippen molar-refractivity contribution < 1.29 is 17.9 Å². The van der Waals surface area contributed by atoms with Crippen LogP contribution in [0.25, 0.3) is 0 Å². The number of carbonyl (C=O) groups is 1. The van der Waals surface area contributed by atoms with Crippen molar-refractivity contribution in [2.45, 2.75) is 57.4 Å². The van der Waals surface area contributed by atoms with Crippen LogP contribution < -0.4 is 15.2 Å². The third-order valence-electron chi connectivity index (χ3n) is 6.04. The van der Waals surface area contributed by atoms with Gasteiger partial charge < -0.3 is 15.4 Å². The van der Waals surface area contributed by atoms with Gasteiger partial charge >= 0.3 is 10.2 Å². The maximum Gasteiger partial charge on any atom is 0.344 e. The lowest BCUT2D eigenvalue weighted by molar-refractivity contribution is -0.141. The Bertz CT molecular complexity index is 909. The number of anilines is 1. The molecule has 0 aromatic heterocycles. The van der Waals surface area contributed by atoms with Crippen LogP contribution in [0.2, 0.25) is 0 Å². The molecule has 3 N–H and O–H groups in total. The molecule has 1 aromatic carbocycles. The van der Waals surface area contributed by atoms with Gasteiger partial charge in [-0.1, -0.05) is 25.3 Å². The van der Waals surface area contributed by atoms with Crippen molar-refractivity contribution in [3.8, 4) is 5.75 Å². The van der Waals surface area contributed by atoms with Crippen molar-refractivity contribution >= 4 is 27.6 Å². The number of rotatable bonds is 4. The Morgan fingerprint density at radius 1 is 1.17 bits per heavy atom. The number of amidine groups is 1. The van der Waals surface area contributed by atoms with Gasteiger partial charge in [-0.25, -0.2) is 0 Å². The van der Waals surface area contributed by atoms with Crippen molar-refractivity contribution in [1.82, 2.24) is 4.90 Å². The van der Waals surface area contributed by atoms with Crippen molar-refractivity contribution in [3.05, 3.63) is 23.8 Å². The molecule has 2 aliphatic heterocycles. The van der Waals surface area contributed by atoms with Gasteiger partial charge in [-0.2, -0.15) is 8.42 Å². The third-order valence-corrected chi connectivity index (χ3v) is 6.95. The minimum Gasteiger partial charge on any atom is -0.491 e. The minimum absolute atomic E-state index is 0.0208. The highest BCUT2D eigenvalue weighted by molar-refractivity contribution is 7.91. The van der Waals surface area contributed by atoms with Crippen molar-refractivity contribution in [2.24, 2.45) is 16.0 Å². The highest BCUT2D eigenvalue weighted by Crippen LogP contribution is 2.32. The number of nitrogens with zero attached hydrogens (tertiary/aromatic N) is 2. The fourth-order valence-electron chi connectivity index (χ4n) is 4.57. The van der Waals surface area contributed by atoms with E-state index < -0.39 is 10.2 Å². The number of nitrogens with one attached hydrogen (secondary N) is 1. The average Bonchev–Trinajstić information content (AvgIpc) is 2.71. The van der Waals surface area contributed by atoms with E-state index in [-0.39, 0.29) is 23.7 Å². The normalized spacial score (nSPS) is 24.2. The van der Waals surface area contributed by atoms with E-state index in [1.807, 2.05) is 4.90 Å². The molecule has 1 saturated carbocycles. The van der Waals surface area contributed by atoms with E-state index in [4.69, 9.17) is 10.5 Å². The largest absolute Gasteiger partial charge is 0.491 e. The topological polar surface area (TPSA) is 114 Å². The molecule has 1 amide bonds. The van der Waals surface area contributed by atoms with Gasteiger partial charge in [-0.15, -0.1) is 4.40 Å². The Balaban J connectivity index is 1.49. The van der Waals surface area contributed by atoms with Gasteiger partial charge in [-0.05, 0) is 44.2 Å². The van der Waals surface area contributed by atoms with Crippen molar-refractivity contribution in [1.29, 1.82) is 0 Å². The van der Waals surface area contributed by atoms with E-state index in [2.05, 4.69) is 9.12 Å². The fraction of sp³-hybridized carbons (Fsp3) is 0.600. The van der Waals surface area contributed by atoms with E-state index in [1.165, 1.54) is 6.42 Å². The molecule has 2 fully saturated rings. The third kappa shape index (κ3) is 4.34. The number of hydrogen-bond donors (Lipinski definition) is 2. The Morgan fingerprint density at radius 2 is 1.93 bits per heavy atom. The first-order valence-corrected chi connectivity index (χ1v) is 11.8. The molecule has 0 radical (unpaired) electrons. The molecule has 9 heteroatoms. The highest BCUT2D eigenvalue weighted by atomic mass is 32.2. The molecule has 1 saturated heterocycles. The maximum atomic E-state index is 13.1. The number of carbonyl (C=O) groups excluding carboxylic acids is 1. The Morgan fingerprint density at radius 3 is 2.72 bits per heavy atom. The highest BCUT2D eigenvalue weighted by Gasteiger charge is 2.33. The second kappa shape index (κ2) is 8.22. The molecule has 1 aliphatic carbocycles. The number of nitrogens with two attached hydrogens (primary N) is 1. The van der Waals surface area contributed by atoms with Gasteiger partial charge in [0.2, 0.25) is 5.91 Å². The van der Waals surface area contributed by atoms with Gasteiger partial charge in [0.05, 0.1) is 17.3 Å². The van der Waals surface area contributed by atoms with E-state index >= 15 is 0 Å². The molecule has 0 bridgehead atoms. The van der Waals surface area contributed by atoms with Crippen LogP contribution in [0.15, 0.2) is 22.6 Å². The summed E-state index contributed by atoms with van der Waals surface area (Å²) in [5.74, 6) is 0.794. The molecule has 1 atom stereocenters. The monoisotopic (exact) mass is 420 g/mol. The number of amides is 1. The standard InChI is InChI=1S/C20H28N4O4S/c21-19-18-16(22-29(26,27)23-19)10-6-11-17(18)28-13-15-9-4-5-12-24(15)20(25)14-7-2-1-3-8-14/h6,10-11,14-15,22H,1-5,7-9,12-13H2,(H2,21,23)/t15-/m1/s1. The Kier molecular flexibility index (Phi) is 5.67. The summed E-state index contributed by atoms with van der Waals surface area (Å²) in [6.45, 7) is 1.13. The number of likely N-dealkylation sites (tertiary alicyclic amines) is 1. The van der Waals surface area contributed by atoms with Gasteiger partial charge in [-0.3, -0.25) is 9.52 Å². The first kappa shape index (κ1) is 20.0. The predicted molar refractivity (Wildman–Crippen MR) is 111 cm³/mol.